The van der Waals surface area contributed by atoms with E-state index in [1.165, 1.54) is 6.34 Å². The Balaban J connectivity index is 1.78. The molecule has 0 bridgehead atoms. The first kappa shape index (κ1) is 20.6. The Morgan fingerprint density at radius 3 is 2.52 bits per heavy atom. The number of nitrogens with one attached hydrogen (secondary N) is 2. The van der Waals surface area contributed by atoms with Crippen molar-refractivity contribution in [1.29, 1.82) is 0 Å². The largest absolute Gasteiger partial charge is 0.316 e. The number of hydrogen-bond donors (Lipinski definition) is 2. The first-order valence-corrected chi connectivity index (χ1v) is 10.8. The van der Waals surface area contributed by atoms with Crippen LogP contribution in [0, 0.1) is 6.92 Å². The molecule has 8 nitrogen and oxygen atoms in total. The van der Waals surface area contributed by atoms with Crippen LogP contribution in [-0.2, 0) is 9.84 Å². The van der Waals surface area contributed by atoms with Gasteiger partial charge in [0.15, 0.2) is 14.9 Å². The minimum absolute atomic E-state index is 0.226. The molecular weight excluding hydrogens is 408 g/mol. The van der Waals surface area contributed by atoms with E-state index in [4.69, 9.17) is 12.2 Å². The van der Waals surface area contributed by atoms with Crippen molar-refractivity contribution in [1.82, 2.24) is 15.8 Å². The van der Waals surface area contributed by atoms with Gasteiger partial charge >= 0.3 is 0 Å². The summed E-state index contributed by atoms with van der Waals surface area (Å²) in [5.41, 5.74) is 4.64. The maximum Gasteiger partial charge on any atom is 0.198 e. The van der Waals surface area contributed by atoms with Crippen molar-refractivity contribution in [2.24, 2.45) is 15.2 Å². The van der Waals surface area contributed by atoms with Crippen LogP contribution in [-0.4, -0.2) is 49.3 Å². The summed E-state index contributed by atoms with van der Waals surface area (Å²) in [4.78, 5) is 4.53. The lowest BCUT2D eigenvalue weighted by Crippen LogP contribution is -2.49. The van der Waals surface area contributed by atoms with Gasteiger partial charge in [-0.15, -0.1) is 5.10 Å². The third-order valence-electron chi connectivity index (χ3n) is 3.91. The van der Waals surface area contributed by atoms with E-state index in [-0.39, 0.29) is 10.0 Å². The van der Waals surface area contributed by atoms with E-state index in [2.05, 4.69) is 25.9 Å². The zero-order valence-corrected chi connectivity index (χ0v) is 17.3. The van der Waals surface area contributed by atoms with E-state index >= 15 is 0 Å². The van der Waals surface area contributed by atoms with Gasteiger partial charge in [-0.3, -0.25) is 15.4 Å². The van der Waals surface area contributed by atoms with Crippen LogP contribution in [0.15, 0.2) is 74.7 Å². The van der Waals surface area contributed by atoms with Gasteiger partial charge in [0.1, 0.15) is 18.1 Å². The summed E-state index contributed by atoms with van der Waals surface area (Å²) in [6.07, 6.45) is 3.12. The number of amidine groups is 1. The highest BCUT2D eigenvalue weighted by molar-refractivity contribution is 7.91. The number of sulfone groups is 1. The van der Waals surface area contributed by atoms with Crippen LogP contribution in [0.1, 0.15) is 11.1 Å². The maximum absolute atomic E-state index is 12.7. The normalized spacial score (nSPS) is 14.0. The molecule has 0 saturated heterocycles. The number of hydrazine groups is 1. The lowest BCUT2D eigenvalue weighted by Gasteiger charge is -2.22. The molecule has 0 amide bonds. The van der Waals surface area contributed by atoms with Crippen LogP contribution < -0.4 is 10.7 Å². The Morgan fingerprint density at radius 2 is 1.86 bits per heavy atom. The van der Waals surface area contributed by atoms with Crippen molar-refractivity contribution in [3.63, 3.8) is 0 Å². The van der Waals surface area contributed by atoms with E-state index in [0.29, 0.717) is 17.9 Å². The lowest BCUT2D eigenvalue weighted by molar-refractivity contribution is 0.436. The number of benzene rings is 2. The van der Waals surface area contributed by atoms with Gasteiger partial charge in [0, 0.05) is 11.8 Å². The minimum atomic E-state index is -3.58. The second-order valence-corrected chi connectivity index (χ2v) is 8.54. The Labute approximate surface area is 175 Å². The molecule has 1 aliphatic heterocycles. The van der Waals surface area contributed by atoms with Crippen LogP contribution in [0.3, 0.4) is 0 Å². The Kier molecular flexibility index (Phi) is 6.68. The van der Waals surface area contributed by atoms with E-state index < -0.39 is 15.7 Å². The predicted octanol–water partition coefficient (Wildman–Crippen LogP) is 1.88. The number of aliphatic imine (C=N–C) groups is 1. The summed E-state index contributed by atoms with van der Waals surface area (Å²) < 4.78 is 25.3. The van der Waals surface area contributed by atoms with Gasteiger partial charge < -0.3 is 5.32 Å². The highest BCUT2D eigenvalue weighted by atomic mass is 32.2. The highest BCUT2D eigenvalue weighted by Gasteiger charge is 2.15. The molecule has 29 heavy (non-hydrogen) atoms. The van der Waals surface area contributed by atoms with Crippen molar-refractivity contribution in [2.75, 3.05) is 12.4 Å². The maximum atomic E-state index is 12.7. The zero-order chi connectivity index (χ0) is 20.7. The van der Waals surface area contributed by atoms with Crippen molar-refractivity contribution < 1.29 is 8.42 Å². The number of thiocarbonyl (C=S) groups is 1. The van der Waals surface area contributed by atoms with Gasteiger partial charge in [0.25, 0.3) is 0 Å². The number of aryl methyl sites for hydroxylation is 1. The van der Waals surface area contributed by atoms with Gasteiger partial charge in [0.2, 0.25) is 0 Å². The van der Waals surface area contributed by atoms with Crippen molar-refractivity contribution >= 4 is 45.6 Å². The fourth-order valence-corrected chi connectivity index (χ4v) is 3.63. The van der Waals surface area contributed by atoms with Crippen LogP contribution in [0.4, 0.5) is 0 Å². The number of hydrogen-bond acceptors (Lipinski definition) is 7. The summed E-state index contributed by atoms with van der Waals surface area (Å²) >= 11 is 5.33. The highest BCUT2D eigenvalue weighted by Crippen LogP contribution is 2.13. The Hall–Kier alpha value is -3.11. The number of rotatable bonds is 5. The molecule has 0 atom stereocenters. The molecule has 1 heterocycles. The summed E-state index contributed by atoms with van der Waals surface area (Å²) in [7, 11) is -3.58. The molecule has 150 valence electrons. The minimum Gasteiger partial charge on any atom is -0.316 e. The molecule has 0 aliphatic carbocycles. The fraction of sp³-hybridized carbons (Fsp3) is 0.158. The molecular formula is C19H20N6O2S2. The molecule has 0 aromatic heterocycles. The summed E-state index contributed by atoms with van der Waals surface area (Å²) in [6, 6.07) is 15.9. The molecule has 3 rings (SSSR count). The van der Waals surface area contributed by atoms with Crippen molar-refractivity contribution in [2.45, 2.75) is 11.8 Å². The molecule has 10 heteroatoms. The molecule has 1 aliphatic rings. The molecule has 0 spiro atoms. The van der Waals surface area contributed by atoms with Crippen LogP contribution in [0.25, 0.3) is 0 Å². The molecule has 0 unspecified atom stereocenters. The van der Waals surface area contributed by atoms with E-state index in [0.717, 1.165) is 5.56 Å². The SMILES string of the molecule is Cc1ccc(S(=O)(=O)C/N=C(\NC(=S)NN2C=NN=CC2)c2ccccc2)cc1. The van der Waals surface area contributed by atoms with E-state index in [1.54, 1.807) is 35.5 Å². The van der Waals surface area contributed by atoms with Gasteiger partial charge in [-0.05, 0) is 31.3 Å². The van der Waals surface area contributed by atoms with E-state index in [9.17, 15) is 8.42 Å². The molecule has 0 saturated carbocycles. The summed E-state index contributed by atoms with van der Waals surface area (Å²) in [5, 5.41) is 12.4. The van der Waals surface area contributed by atoms with Crippen LogP contribution >= 0.6 is 12.2 Å². The molecule has 2 aromatic carbocycles. The first-order valence-electron chi connectivity index (χ1n) is 8.72. The quantitative estimate of drug-likeness (QED) is 0.429. The van der Waals surface area contributed by atoms with Gasteiger partial charge in [-0.25, -0.2) is 8.42 Å². The van der Waals surface area contributed by atoms with Crippen LogP contribution in [0.2, 0.25) is 0 Å². The third-order valence-corrected chi connectivity index (χ3v) is 5.57. The smallest absolute Gasteiger partial charge is 0.198 e. The number of nitrogens with zero attached hydrogens (tertiary/aromatic N) is 4. The monoisotopic (exact) mass is 428 g/mol. The average molecular weight is 429 g/mol. The summed E-state index contributed by atoms with van der Waals surface area (Å²) in [5.74, 6) is -0.0605. The second kappa shape index (κ2) is 9.39. The second-order valence-electron chi connectivity index (χ2n) is 6.18. The van der Waals surface area contributed by atoms with Gasteiger partial charge in [-0.2, -0.15) is 5.10 Å². The third kappa shape index (κ3) is 5.93. The van der Waals surface area contributed by atoms with Crippen molar-refractivity contribution in [3.05, 3.63) is 65.7 Å². The van der Waals surface area contributed by atoms with E-state index in [1.807, 2.05) is 37.3 Å². The molecule has 2 aromatic rings. The topological polar surface area (TPSA) is 98.5 Å². The molecule has 0 fully saturated rings. The Bertz CT molecular complexity index is 1050. The van der Waals surface area contributed by atoms with Gasteiger partial charge in [0.05, 0.1) is 11.4 Å². The van der Waals surface area contributed by atoms with Crippen LogP contribution in [0.5, 0.6) is 0 Å². The Morgan fingerprint density at radius 1 is 1.14 bits per heavy atom. The first-order chi connectivity index (χ1) is 13.9. The lowest BCUT2D eigenvalue weighted by atomic mass is 10.2. The fourth-order valence-electron chi connectivity index (χ4n) is 2.42. The summed E-state index contributed by atoms with van der Waals surface area (Å²) in [6.45, 7) is 2.39. The molecule has 2 N–H and O–H groups in total. The average Bonchev–Trinajstić information content (AvgIpc) is 2.73. The molecule has 0 radical (unpaired) electrons. The predicted molar refractivity (Wildman–Crippen MR) is 119 cm³/mol. The zero-order valence-electron chi connectivity index (χ0n) is 15.7. The standard InChI is InChI=1S/C19H20N6O2S2/c1-15-7-9-17(10-8-15)29(26,27)14-20-18(16-5-3-2-4-6-16)23-19(28)24-25-12-11-21-22-13-25/h2-11,13H,12,14H2,1H3,(H2,20,23,24,28). The van der Waals surface area contributed by atoms with Crippen molar-refractivity contribution in [3.8, 4) is 0 Å². The van der Waals surface area contributed by atoms with Gasteiger partial charge in [-0.1, -0.05) is 48.0 Å².